The summed E-state index contributed by atoms with van der Waals surface area (Å²) in [5.41, 5.74) is 0. The molecule has 0 bridgehead atoms. The summed E-state index contributed by atoms with van der Waals surface area (Å²) in [5.74, 6) is 0. The minimum absolute atomic E-state index is 0.890. The van der Waals surface area contributed by atoms with Crippen LogP contribution in [0.3, 0.4) is 0 Å². The number of rotatable bonds is 19. The van der Waals surface area contributed by atoms with Crippen molar-refractivity contribution in [2.75, 3.05) is 46.2 Å². The number of aliphatic hydroxyl groups is 23. The highest BCUT2D eigenvalue weighted by Gasteiger charge is 2.59. The predicted molar refractivity (Wildman–Crippen MR) is 232 cm³/mol. The van der Waals surface area contributed by atoms with E-state index in [-0.39, 0.29) is 0 Å². The molecule has 35 atom stereocenters. The van der Waals surface area contributed by atoms with E-state index in [1.54, 1.807) is 0 Å². The van der Waals surface area contributed by atoms with Crippen molar-refractivity contribution in [3.63, 3.8) is 0 Å². The predicted octanol–water partition coefficient (Wildman–Crippen LogP) is -16.3. The third kappa shape index (κ3) is 12.9. The van der Waals surface area contributed by atoms with Gasteiger partial charge in [0.15, 0.2) is 44.0 Å². The fraction of sp³-hybridized carbons (Fsp3) is 1.00. The molecule has 1 unspecified atom stereocenters. The van der Waals surface area contributed by atoms with Gasteiger partial charge in [-0.15, -0.1) is 0 Å². The average molecular weight is 1150 g/mol. The number of hydrogen-bond acceptors (Lipinski definition) is 36. The second kappa shape index (κ2) is 27.5. The molecule has 7 aliphatic heterocycles. The lowest BCUT2D eigenvalue weighted by molar-refractivity contribution is -0.420. The van der Waals surface area contributed by atoms with Crippen LogP contribution in [0.1, 0.15) is 0 Å². The first-order chi connectivity index (χ1) is 37.0. The molecule has 0 aromatic carbocycles. The third-order valence-electron chi connectivity index (χ3n) is 14.6. The van der Waals surface area contributed by atoms with E-state index in [4.69, 9.17) is 61.6 Å². The van der Waals surface area contributed by atoms with Crippen molar-refractivity contribution in [2.45, 2.75) is 215 Å². The molecule has 7 fully saturated rings. The monoisotopic (exact) mass is 1150 g/mol. The zero-order valence-corrected chi connectivity index (χ0v) is 40.8. The summed E-state index contributed by atoms with van der Waals surface area (Å²) in [6, 6.07) is 0. The Kier molecular flexibility index (Phi) is 22.6. The fourth-order valence-electron chi connectivity index (χ4n) is 9.88. The highest BCUT2D eigenvalue weighted by molar-refractivity contribution is 5.01. The van der Waals surface area contributed by atoms with Gasteiger partial charge in [-0.3, -0.25) is 0 Å². The molecule has 36 heteroatoms. The summed E-state index contributed by atoms with van der Waals surface area (Å²) >= 11 is 0. The second-order valence-corrected chi connectivity index (χ2v) is 19.6. The molecular weight excluding hydrogens is 1080 g/mol. The first kappa shape index (κ1) is 64.1. The van der Waals surface area contributed by atoms with Crippen LogP contribution in [0.25, 0.3) is 0 Å². The summed E-state index contributed by atoms with van der Waals surface area (Å²) in [5, 5.41) is 246. The molecule has 0 aromatic rings. The van der Waals surface area contributed by atoms with Crippen molar-refractivity contribution >= 4 is 0 Å². The Morgan fingerprint density at radius 1 is 0.192 bits per heavy atom. The number of aliphatic hydroxyl groups excluding tert-OH is 23. The van der Waals surface area contributed by atoms with Crippen LogP contribution in [0.5, 0.6) is 0 Å². The topological polar surface area (TPSA) is 585 Å². The van der Waals surface area contributed by atoms with Gasteiger partial charge >= 0.3 is 0 Å². The highest BCUT2D eigenvalue weighted by Crippen LogP contribution is 2.39. The maximum absolute atomic E-state index is 11.7. The van der Waals surface area contributed by atoms with E-state index in [1.165, 1.54) is 0 Å². The van der Waals surface area contributed by atoms with Gasteiger partial charge in [0, 0.05) is 0 Å². The number of hydrogen-bond donors (Lipinski definition) is 23. The molecule has 0 aromatic heterocycles. The van der Waals surface area contributed by atoms with Gasteiger partial charge in [-0.2, -0.15) is 0 Å². The van der Waals surface area contributed by atoms with Gasteiger partial charge in [0.05, 0.1) is 46.2 Å². The molecule has 0 spiro atoms. The second-order valence-electron chi connectivity index (χ2n) is 19.6. The van der Waals surface area contributed by atoms with Crippen molar-refractivity contribution in [3.8, 4) is 0 Å². The molecule has 456 valence electrons. The quantitative estimate of drug-likeness (QED) is 0.0571. The molecule has 7 aliphatic rings. The Labute approximate surface area is 439 Å². The standard InChI is InChI=1S/C42H72O36/c43-1-8-16(51)23(58)30(36(65)66-8)73-38-32(25(60)18(53)10(3-45)68-38)75-40-34(27(62)20(55)12(5-47)70-40)77-42-35(28(63)21(56)14(7-49)72-42)78-41-33(26(61)19(54)13(6-48)71-41)76-39-31(24(59)17(52)11(4-46)69-39)74-37-29(64)22(57)15(50)9(2-44)67-37/h8-65H,1-7H2/t8-,9-,10-,11-,12-,13-,14-,15-,16-,17-,18-,19-,20-,21-,22+,23+,24-,25+,26+,27+,28+,29-,30-,31-,32-,33-,34-,35-,36?,37+,38+,39+,40+,41+,42+/m1/s1. The Balaban J connectivity index is 1.20. The van der Waals surface area contributed by atoms with Crippen LogP contribution in [0.4, 0.5) is 0 Å². The van der Waals surface area contributed by atoms with Crippen molar-refractivity contribution in [1.82, 2.24) is 0 Å². The summed E-state index contributed by atoms with van der Waals surface area (Å²) < 4.78 is 74.3. The van der Waals surface area contributed by atoms with Crippen molar-refractivity contribution in [2.24, 2.45) is 0 Å². The van der Waals surface area contributed by atoms with Gasteiger partial charge in [0.1, 0.15) is 171 Å². The molecule has 0 amide bonds. The minimum atomic E-state index is -2.34. The van der Waals surface area contributed by atoms with Crippen LogP contribution in [0.2, 0.25) is 0 Å². The summed E-state index contributed by atoms with van der Waals surface area (Å²) in [4.78, 5) is 0. The smallest absolute Gasteiger partial charge is 0.187 e. The molecule has 0 radical (unpaired) electrons. The highest BCUT2D eigenvalue weighted by atomic mass is 16.8. The van der Waals surface area contributed by atoms with E-state index in [0.29, 0.717) is 0 Å². The zero-order valence-electron chi connectivity index (χ0n) is 40.8. The molecular formula is C42H72O36. The molecule has 7 heterocycles. The van der Waals surface area contributed by atoms with E-state index < -0.39 is 261 Å². The van der Waals surface area contributed by atoms with Crippen LogP contribution in [0.15, 0.2) is 0 Å². The largest absolute Gasteiger partial charge is 0.394 e. The van der Waals surface area contributed by atoms with E-state index in [9.17, 15) is 117 Å². The van der Waals surface area contributed by atoms with Crippen LogP contribution in [-0.4, -0.2) is 379 Å². The van der Waals surface area contributed by atoms with Crippen molar-refractivity contribution in [3.05, 3.63) is 0 Å². The normalized spacial score (nSPS) is 53.5. The minimum Gasteiger partial charge on any atom is -0.394 e. The Morgan fingerprint density at radius 2 is 0.372 bits per heavy atom. The molecule has 23 N–H and O–H groups in total. The maximum Gasteiger partial charge on any atom is 0.187 e. The van der Waals surface area contributed by atoms with Gasteiger partial charge in [0.2, 0.25) is 0 Å². The lowest BCUT2D eigenvalue weighted by Gasteiger charge is -2.51. The van der Waals surface area contributed by atoms with Crippen LogP contribution in [-0.2, 0) is 61.6 Å². The zero-order chi connectivity index (χ0) is 57.3. The molecule has 36 nitrogen and oxygen atoms in total. The first-order valence-corrected chi connectivity index (χ1v) is 24.7. The first-order valence-electron chi connectivity index (χ1n) is 24.7. The van der Waals surface area contributed by atoms with Gasteiger partial charge in [-0.25, -0.2) is 0 Å². The third-order valence-corrected chi connectivity index (χ3v) is 14.6. The number of ether oxygens (including phenoxy) is 13. The lowest BCUT2D eigenvalue weighted by Crippen LogP contribution is -2.69. The molecule has 7 rings (SSSR count). The maximum atomic E-state index is 11.7. The van der Waals surface area contributed by atoms with Gasteiger partial charge in [0.25, 0.3) is 0 Å². The Bertz CT molecular complexity index is 1820. The molecule has 7 saturated heterocycles. The van der Waals surface area contributed by atoms with E-state index in [1.807, 2.05) is 0 Å². The van der Waals surface area contributed by atoms with Gasteiger partial charge in [-0.05, 0) is 0 Å². The molecule has 0 saturated carbocycles. The SMILES string of the molecule is OC[C@H]1O[C@@H](O[C@H]2[C@H](O[C@H]3[C@H](O[C@H]4[C@H](O[C@H]5[C@H](O[C@H]6[C@H](O[C@H]7C(O)O[C@H](CO)[C@@H](O)[C@@H]7O)O[C@H](CO)[C@@H](O)[C@@H]6O)O[C@H](CO)[C@@H](O)[C@@H]5O)O[C@H](CO)[C@@H](O)[C@@H]4O)O[C@H](CO)[C@@H](O)[C@@H]3O)O[C@H](CO)[C@@H](O)[C@H]2O)[C@H](O)[C@@H](O)[C@@H]1O. The summed E-state index contributed by atoms with van der Waals surface area (Å²) in [6.07, 6.45) is -72.5. The van der Waals surface area contributed by atoms with Crippen LogP contribution < -0.4 is 0 Å². The summed E-state index contributed by atoms with van der Waals surface area (Å²) in [6.45, 7) is -7.18. The lowest BCUT2D eigenvalue weighted by atomic mass is 9.95. The Hall–Kier alpha value is -1.44. The van der Waals surface area contributed by atoms with Crippen LogP contribution in [0, 0.1) is 0 Å². The van der Waals surface area contributed by atoms with Crippen LogP contribution >= 0.6 is 0 Å². The van der Waals surface area contributed by atoms with Crippen molar-refractivity contribution in [1.29, 1.82) is 0 Å². The van der Waals surface area contributed by atoms with Crippen molar-refractivity contribution < 1.29 is 179 Å². The van der Waals surface area contributed by atoms with E-state index >= 15 is 0 Å². The van der Waals surface area contributed by atoms with E-state index in [2.05, 4.69) is 0 Å². The Morgan fingerprint density at radius 3 is 0.615 bits per heavy atom. The van der Waals surface area contributed by atoms with Gasteiger partial charge in [-0.1, -0.05) is 0 Å². The fourth-order valence-corrected chi connectivity index (χ4v) is 9.88. The van der Waals surface area contributed by atoms with E-state index in [0.717, 1.165) is 0 Å². The average Bonchev–Trinajstić information content (AvgIpc) is 3.43. The van der Waals surface area contributed by atoms with Gasteiger partial charge < -0.3 is 179 Å². The summed E-state index contributed by atoms with van der Waals surface area (Å²) in [7, 11) is 0. The molecule has 78 heavy (non-hydrogen) atoms. The molecule has 0 aliphatic carbocycles.